The third-order valence-electron chi connectivity index (χ3n) is 3.98. The van der Waals surface area contributed by atoms with Crippen molar-refractivity contribution in [2.45, 2.75) is 38.1 Å². The van der Waals surface area contributed by atoms with E-state index in [2.05, 4.69) is 0 Å². The predicted molar refractivity (Wildman–Crippen MR) is 51.0 cm³/mol. The third kappa shape index (κ3) is 1.31. The summed E-state index contributed by atoms with van der Waals surface area (Å²) < 4.78 is 10.6. The van der Waals surface area contributed by atoms with Gasteiger partial charge < -0.3 is 14.6 Å². The Kier molecular flexibility index (Phi) is 2.04. The van der Waals surface area contributed by atoms with Crippen molar-refractivity contribution in [3.05, 3.63) is 0 Å². The molecule has 0 radical (unpaired) electrons. The van der Waals surface area contributed by atoms with Crippen molar-refractivity contribution in [2.24, 2.45) is 17.8 Å². The lowest BCUT2D eigenvalue weighted by atomic mass is 9.76. The first-order valence-corrected chi connectivity index (χ1v) is 5.72. The highest BCUT2D eigenvalue weighted by Gasteiger charge is 2.66. The van der Waals surface area contributed by atoms with E-state index in [-0.39, 0.29) is 42.0 Å². The predicted octanol–water partition coefficient (Wildman–Crippen LogP) is 0.334. The molecule has 3 rings (SSSR count). The lowest BCUT2D eigenvalue weighted by Crippen LogP contribution is -2.39. The summed E-state index contributed by atoms with van der Waals surface area (Å²) >= 11 is 0. The van der Waals surface area contributed by atoms with E-state index < -0.39 is 0 Å². The molecule has 0 aromatic carbocycles. The van der Waals surface area contributed by atoms with Gasteiger partial charge in [-0.15, -0.1) is 0 Å². The highest BCUT2D eigenvalue weighted by atomic mass is 16.6. The van der Waals surface area contributed by atoms with Gasteiger partial charge in [0.05, 0.1) is 30.8 Å². The maximum atomic E-state index is 11.8. The molecule has 3 fully saturated rings. The Hall–Kier alpha value is -0.610. The number of hydrogen-bond donors (Lipinski definition) is 1. The number of epoxide rings is 1. The van der Waals surface area contributed by atoms with Crippen LogP contribution in [0.3, 0.4) is 0 Å². The van der Waals surface area contributed by atoms with Crippen LogP contribution in [0.4, 0.5) is 0 Å². The quantitative estimate of drug-likeness (QED) is 0.529. The van der Waals surface area contributed by atoms with E-state index in [1.165, 1.54) is 0 Å². The minimum absolute atomic E-state index is 0.0166. The lowest BCUT2D eigenvalue weighted by Gasteiger charge is -2.33. The first-order chi connectivity index (χ1) is 7.22. The number of hydrogen-bond acceptors (Lipinski definition) is 4. The number of fused-ring (bicyclic) bond motifs is 5. The maximum Gasteiger partial charge on any atom is 0.309 e. The van der Waals surface area contributed by atoms with Gasteiger partial charge in [-0.3, -0.25) is 4.79 Å². The van der Waals surface area contributed by atoms with E-state index in [0.29, 0.717) is 19.4 Å². The Morgan fingerprint density at radius 3 is 2.53 bits per heavy atom. The van der Waals surface area contributed by atoms with E-state index in [9.17, 15) is 9.90 Å². The summed E-state index contributed by atoms with van der Waals surface area (Å²) in [6, 6.07) is 0. The smallest absolute Gasteiger partial charge is 0.309 e. The first kappa shape index (κ1) is 9.60. The van der Waals surface area contributed by atoms with E-state index >= 15 is 0 Å². The number of aliphatic hydroxyl groups is 1. The van der Waals surface area contributed by atoms with Crippen LogP contribution in [0.25, 0.3) is 0 Å². The molecule has 0 amide bonds. The van der Waals surface area contributed by atoms with Crippen molar-refractivity contribution in [2.75, 3.05) is 6.61 Å². The van der Waals surface area contributed by atoms with Crippen molar-refractivity contribution in [3.63, 3.8) is 0 Å². The molecule has 4 nitrogen and oxygen atoms in total. The molecular weight excluding hydrogens is 196 g/mol. The minimum Gasteiger partial charge on any atom is -0.466 e. The van der Waals surface area contributed by atoms with E-state index in [1.54, 1.807) is 0 Å². The second-order valence-corrected chi connectivity index (χ2v) is 4.80. The van der Waals surface area contributed by atoms with Gasteiger partial charge in [-0.05, 0) is 19.8 Å². The van der Waals surface area contributed by atoms with Gasteiger partial charge >= 0.3 is 5.97 Å². The molecule has 0 aromatic rings. The van der Waals surface area contributed by atoms with Crippen LogP contribution in [0.1, 0.15) is 19.8 Å². The van der Waals surface area contributed by atoms with Crippen LogP contribution in [0.2, 0.25) is 0 Å². The highest BCUT2D eigenvalue weighted by Crippen LogP contribution is 2.57. The van der Waals surface area contributed by atoms with Gasteiger partial charge in [0.1, 0.15) is 0 Å². The van der Waals surface area contributed by atoms with E-state index in [0.717, 1.165) is 0 Å². The van der Waals surface area contributed by atoms with Crippen molar-refractivity contribution in [3.8, 4) is 0 Å². The molecule has 1 aliphatic heterocycles. The largest absolute Gasteiger partial charge is 0.466 e. The summed E-state index contributed by atoms with van der Waals surface area (Å²) in [6.45, 7) is 2.27. The summed E-state index contributed by atoms with van der Waals surface area (Å²) in [5.74, 6) is 0.290. The van der Waals surface area contributed by atoms with Crippen LogP contribution < -0.4 is 0 Å². The summed E-state index contributed by atoms with van der Waals surface area (Å²) in [6.07, 6.45) is 1.59. The fourth-order valence-electron chi connectivity index (χ4n) is 3.43. The number of carbonyl (C=O) groups is 1. The van der Waals surface area contributed by atoms with Crippen molar-refractivity contribution < 1.29 is 19.4 Å². The molecule has 84 valence electrons. The second-order valence-electron chi connectivity index (χ2n) is 4.80. The minimum atomic E-state index is -0.248. The molecule has 15 heavy (non-hydrogen) atoms. The Bertz CT molecular complexity index is 272. The molecule has 4 unspecified atom stereocenters. The zero-order valence-corrected chi connectivity index (χ0v) is 8.76. The Balaban J connectivity index is 1.78. The average molecular weight is 212 g/mol. The summed E-state index contributed by atoms with van der Waals surface area (Å²) in [5, 5.41) is 9.65. The number of rotatable bonds is 2. The molecule has 3 aliphatic rings. The number of carbonyl (C=O) groups excluding carboxylic acids is 1. The summed E-state index contributed by atoms with van der Waals surface area (Å²) in [7, 11) is 0. The molecule has 1 heterocycles. The summed E-state index contributed by atoms with van der Waals surface area (Å²) in [4.78, 5) is 11.8. The number of esters is 1. The molecular formula is C11H16O4. The SMILES string of the molecule is CCOC(=O)C1C2CC(O)CC1C1OC21. The normalized spacial score (nSPS) is 51.1. The molecule has 2 bridgehead atoms. The molecule has 0 aromatic heterocycles. The molecule has 4 heteroatoms. The molecule has 2 aliphatic carbocycles. The van der Waals surface area contributed by atoms with Gasteiger partial charge in [0.2, 0.25) is 0 Å². The van der Waals surface area contributed by atoms with Crippen molar-refractivity contribution >= 4 is 5.97 Å². The Labute approximate surface area is 88.6 Å². The molecule has 2 saturated carbocycles. The lowest BCUT2D eigenvalue weighted by molar-refractivity contribution is -0.156. The highest BCUT2D eigenvalue weighted by molar-refractivity contribution is 5.74. The Morgan fingerprint density at radius 2 is 2.00 bits per heavy atom. The van der Waals surface area contributed by atoms with Crippen LogP contribution in [-0.2, 0) is 14.3 Å². The van der Waals surface area contributed by atoms with Crippen molar-refractivity contribution in [1.82, 2.24) is 0 Å². The van der Waals surface area contributed by atoms with Gasteiger partial charge in [-0.2, -0.15) is 0 Å². The topological polar surface area (TPSA) is 59.1 Å². The standard InChI is InChI=1S/C11H16O4/c1-2-14-11(13)8-6-3-5(12)4-7(8)10-9(6)15-10/h5-10,12H,2-4H2,1H3. The van der Waals surface area contributed by atoms with E-state index in [4.69, 9.17) is 9.47 Å². The van der Waals surface area contributed by atoms with Crippen LogP contribution in [0, 0.1) is 17.8 Å². The van der Waals surface area contributed by atoms with Crippen molar-refractivity contribution in [1.29, 1.82) is 0 Å². The van der Waals surface area contributed by atoms with Crippen LogP contribution in [0.5, 0.6) is 0 Å². The van der Waals surface area contributed by atoms with Gasteiger partial charge in [0, 0.05) is 11.8 Å². The van der Waals surface area contributed by atoms with Gasteiger partial charge in [-0.1, -0.05) is 0 Å². The fraction of sp³-hybridized carbons (Fsp3) is 0.909. The van der Waals surface area contributed by atoms with E-state index in [1.807, 2.05) is 6.92 Å². The third-order valence-corrected chi connectivity index (χ3v) is 3.98. The average Bonchev–Trinajstić information content (AvgIpc) is 2.91. The van der Waals surface area contributed by atoms with Gasteiger partial charge in [0.25, 0.3) is 0 Å². The van der Waals surface area contributed by atoms with Gasteiger partial charge in [-0.25, -0.2) is 0 Å². The molecule has 0 spiro atoms. The maximum absolute atomic E-state index is 11.8. The number of ether oxygens (including phenoxy) is 2. The fourth-order valence-corrected chi connectivity index (χ4v) is 3.43. The molecule has 1 saturated heterocycles. The van der Waals surface area contributed by atoms with Crippen LogP contribution in [-0.4, -0.2) is 36.0 Å². The second kappa shape index (κ2) is 3.19. The molecule has 1 N–H and O–H groups in total. The zero-order chi connectivity index (χ0) is 10.6. The van der Waals surface area contributed by atoms with Crippen LogP contribution >= 0.6 is 0 Å². The van der Waals surface area contributed by atoms with Crippen LogP contribution in [0.15, 0.2) is 0 Å². The Morgan fingerprint density at radius 1 is 1.40 bits per heavy atom. The molecule has 4 atom stereocenters. The number of aliphatic hydroxyl groups excluding tert-OH is 1. The monoisotopic (exact) mass is 212 g/mol. The first-order valence-electron chi connectivity index (χ1n) is 5.72. The van der Waals surface area contributed by atoms with Gasteiger partial charge in [0.15, 0.2) is 0 Å². The zero-order valence-electron chi connectivity index (χ0n) is 8.76. The summed E-state index contributed by atoms with van der Waals surface area (Å²) in [5.41, 5.74) is 0.